The Morgan fingerprint density at radius 1 is 1.21 bits per heavy atom. The van der Waals surface area contributed by atoms with Gasteiger partial charge in [-0.05, 0) is 32.0 Å². The zero-order chi connectivity index (χ0) is 17.3. The first-order valence-corrected chi connectivity index (χ1v) is 8.25. The fourth-order valence-electron chi connectivity index (χ4n) is 3.33. The average Bonchev–Trinajstić information content (AvgIpc) is 2.90. The van der Waals surface area contributed by atoms with Crippen LogP contribution in [0.15, 0.2) is 36.4 Å². The second-order valence-corrected chi connectivity index (χ2v) is 6.38. The first-order valence-electron chi connectivity index (χ1n) is 8.25. The normalized spacial score (nSPS) is 17.9. The van der Waals surface area contributed by atoms with Gasteiger partial charge in [-0.2, -0.15) is 0 Å². The van der Waals surface area contributed by atoms with Gasteiger partial charge in [0.2, 0.25) is 0 Å². The fourth-order valence-corrected chi connectivity index (χ4v) is 3.33. The molecule has 0 radical (unpaired) electrons. The third-order valence-electron chi connectivity index (χ3n) is 4.93. The molecule has 0 saturated carbocycles. The van der Waals surface area contributed by atoms with Gasteiger partial charge in [-0.1, -0.05) is 18.2 Å². The molecule has 0 N–H and O–H groups in total. The molecular weight excluding hydrogens is 302 g/mol. The van der Waals surface area contributed by atoms with Crippen LogP contribution < -0.4 is 4.90 Å². The number of nitrogens with zero attached hydrogens (tertiary/aromatic N) is 3. The molecule has 3 rings (SSSR count). The van der Waals surface area contributed by atoms with E-state index in [4.69, 9.17) is 0 Å². The fraction of sp³-hybridized carbons (Fsp3) is 0.368. The minimum absolute atomic E-state index is 0.00564. The maximum Gasteiger partial charge on any atom is 0.270 e. The number of amides is 1. The van der Waals surface area contributed by atoms with Gasteiger partial charge in [-0.3, -0.25) is 9.59 Å². The number of piperazine rings is 1. The topological polar surface area (TPSA) is 45.6 Å². The molecule has 2 aromatic rings. The minimum Gasteiger partial charge on any atom is -0.368 e. The molecule has 1 aromatic carbocycles. The molecule has 0 spiro atoms. The smallest absolute Gasteiger partial charge is 0.270 e. The summed E-state index contributed by atoms with van der Waals surface area (Å²) in [5, 5.41) is 0. The van der Waals surface area contributed by atoms with Crippen LogP contribution >= 0.6 is 0 Å². The van der Waals surface area contributed by atoms with Gasteiger partial charge in [0.25, 0.3) is 5.91 Å². The standard InChI is InChI=1S/C19H23N3O2/c1-14-12-21(17-7-5-4-6-8-17)9-10-22(14)19(24)18-11-16(13-23)15(2)20(18)3/h4-8,11,13-14H,9-10,12H2,1-3H3. The van der Waals surface area contributed by atoms with Crippen LogP contribution in [0.4, 0.5) is 5.69 Å². The van der Waals surface area contributed by atoms with Gasteiger partial charge in [0.05, 0.1) is 0 Å². The van der Waals surface area contributed by atoms with E-state index in [0.29, 0.717) is 17.8 Å². The molecule has 24 heavy (non-hydrogen) atoms. The molecule has 0 aliphatic carbocycles. The Bertz CT molecular complexity index is 751. The number of hydrogen-bond donors (Lipinski definition) is 0. The third-order valence-corrected chi connectivity index (χ3v) is 4.93. The van der Waals surface area contributed by atoms with Crippen molar-refractivity contribution in [3.05, 3.63) is 53.3 Å². The van der Waals surface area contributed by atoms with Crippen molar-refractivity contribution < 1.29 is 9.59 Å². The number of carbonyl (C=O) groups is 2. The van der Waals surface area contributed by atoms with Crippen molar-refractivity contribution in [3.8, 4) is 0 Å². The number of rotatable bonds is 3. The Hall–Kier alpha value is -2.56. The highest BCUT2D eigenvalue weighted by Crippen LogP contribution is 2.21. The van der Waals surface area contributed by atoms with E-state index in [1.54, 1.807) is 6.07 Å². The Morgan fingerprint density at radius 3 is 2.50 bits per heavy atom. The van der Waals surface area contributed by atoms with Crippen molar-refractivity contribution in [3.63, 3.8) is 0 Å². The lowest BCUT2D eigenvalue weighted by Crippen LogP contribution is -2.54. The van der Waals surface area contributed by atoms with Crippen molar-refractivity contribution in [2.45, 2.75) is 19.9 Å². The van der Waals surface area contributed by atoms with Gasteiger partial charge < -0.3 is 14.4 Å². The highest BCUT2D eigenvalue weighted by Gasteiger charge is 2.30. The number of aromatic nitrogens is 1. The summed E-state index contributed by atoms with van der Waals surface area (Å²) in [5.41, 5.74) is 3.17. The van der Waals surface area contributed by atoms with Crippen LogP contribution in [0, 0.1) is 6.92 Å². The highest BCUT2D eigenvalue weighted by atomic mass is 16.2. The summed E-state index contributed by atoms with van der Waals surface area (Å²) in [6.07, 6.45) is 0.808. The quantitative estimate of drug-likeness (QED) is 0.815. The van der Waals surface area contributed by atoms with E-state index < -0.39 is 0 Å². The van der Waals surface area contributed by atoms with Gasteiger partial charge in [0.15, 0.2) is 6.29 Å². The average molecular weight is 325 g/mol. The monoisotopic (exact) mass is 325 g/mol. The lowest BCUT2D eigenvalue weighted by Gasteiger charge is -2.41. The van der Waals surface area contributed by atoms with Crippen molar-refractivity contribution in [1.29, 1.82) is 0 Å². The van der Waals surface area contributed by atoms with Crippen LogP contribution in [0.2, 0.25) is 0 Å². The highest BCUT2D eigenvalue weighted by molar-refractivity contribution is 5.95. The number of aldehydes is 1. The molecule has 1 unspecified atom stereocenters. The van der Waals surface area contributed by atoms with Gasteiger partial charge >= 0.3 is 0 Å². The molecule has 1 atom stereocenters. The predicted molar refractivity (Wildman–Crippen MR) is 94.7 cm³/mol. The summed E-state index contributed by atoms with van der Waals surface area (Å²) in [7, 11) is 1.83. The number of hydrogen-bond acceptors (Lipinski definition) is 3. The van der Waals surface area contributed by atoms with E-state index in [1.807, 2.05) is 41.6 Å². The first-order chi connectivity index (χ1) is 11.5. The Balaban J connectivity index is 1.77. The molecule has 1 aliphatic rings. The summed E-state index contributed by atoms with van der Waals surface area (Å²) in [5.74, 6) is -0.00564. The van der Waals surface area contributed by atoms with Crippen molar-refractivity contribution in [2.24, 2.45) is 7.05 Å². The summed E-state index contributed by atoms with van der Waals surface area (Å²) >= 11 is 0. The molecular formula is C19H23N3O2. The van der Waals surface area contributed by atoms with E-state index in [0.717, 1.165) is 25.1 Å². The Labute approximate surface area is 142 Å². The molecule has 1 saturated heterocycles. The predicted octanol–water partition coefficient (Wildman–Crippen LogP) is 2.50. The van der Waals surface area contributed by atoms with Gasteiger partial charge in [-0.25, -0.2) is 0 Å². The molecule has 1 amide bonds. The van der Waals surface area contributed by atoms with E-state index in [1.165, 1.54) is 5.69 Å². The molecule has 1 aliphatic heterocycles. The zero-order valence-electron chi connectivity index (χ0n) is 14.4. The zero-order valence-corrected chi connectivity index (χ0v) is 14.4. The van der Waals surface area contributed by atoms with Crippen molar-refractivity contribution >= 4 is 17.9 Å². The molecule has 0 bridgehead atoms. The van der Waals surface area contributed by atoms with E-state index in [-0.39, 0.29) is 11.9 Å². The summed E-state index contributed by atoms with van der Waals surface area (Å²) in [6, 6.07) is 12.1. The summed E-state index contributed by atoms with van der Waals surface area (Å²) in [4.78, 5) is 28.2. The van der Waals surface area contributed by atoms with Crippen LogP contribution in [-0.4, -0.2) is 47.3 Å². The van der Waals surface area contributed by atoms with Gasteiger partial charge in [0.1, 0.15) is 5.69 Å². The van der Waals surface area contributed by atoms with Crippen molar-refractivity contribution in [1.82, 2.24) is 9.47 Å². The maximum absolute atomic E-state index is 12.9. The minimum atomic E-state index is -0.00564. The van der Waals surface area contributed by atoms with Crippen LogP contribution in [0.3, 0.4) is 0 Å². The van der Waals surface area contributed by atoms with E-state index in [2.05, 4.69) is 24.0 Å². The molecule has 126 valence electrons. The van der Waals surface area contributed by atoms with Crippen LogP contribution in [0.1, 0.15) is 33.5 Å². The lowest BCUT2D eigenvalue weighted by atomic mass is 10.1. The second-order valence-electron chi connectivity index (χ2n) is 6.38. The van der Waals surface area contributed by atoms with E-state index in [9.17, 15) is 9.59 Å². The summed E-state index contributed by atoms with van der Waals surface area (Å²) < 4.78 is 1.81. The number of para-hydroxylation sites is 1. The number of benzene rings is 1. The Morgan fingerprint density at radius 2 is 1.92 bits per heavy atom. The second kappa shape index (κ2) is 6.51. The number of anilines is 1. The largest absolute Gasteiger partial charge is 0.368 e. The van der Waals surface area contributed by atoms with Crippen LogP contribution in [0.25, 0.3) is 0 Å². The lowest BCUT2D eigenvalue weighted by molar-refractivity contribution is 0.0664. The number of carbonyl (C=O) groups excluding carboxylic acids is 2. The van der Waals surface area contributed by atoms with Crippen LogP contribution in [0.5, 0.6) is 0 Å². The molecule has 2 heterocycles. The third kappa shape index (κ3) is 2.82. The molecule has 5 nitrogen and oxygen atoms in total. The van der Waals surface area contributed by atoms with Crippen molar-refractivity contribution in [2.75, 3.05) is 24.5 Å². The van der Waals surface area contributed by atoms with Gasteiger partial charge in [-0.15, -0.1) is 0 Å². The van der Waals surface area contributed by atoms with Crippen LogP contribution in [-0.2, 0) is 7.05 Å². The molecule has 5 heteroatoms. The molecule has 1 aromatic heterocycles. The SMILES string of the molecule is Cc1c(C=O)cc(C(=O)N2CCN(c3ccccc3)CC2C)n1C. The maximum atomic E-state index is 12.9. The van der Waals surface area contributed by atoms with E-state index >= 15 is 0 Å². The molecule has 1 fully saturated rings. The first kappa shape index (κ1) is 16.3. The Kier molecular flexibility index (Phi) is 4.42. The summed E-state index contributed by atoms with van der Waals surface area (Å²) in [6.45, 7) is 6.22. The van der Waals surface area contributed by atoms with Gasteiger partial charge in [0, 0.05) is 49.7 Å².